The molecular weight excluding hydrogens is 212 g/mol. The fourth-order valence-corrected chi connectivity index (χ4v) is 1.50. The number of ketones is 1. The van der Waals surface area contributed by atoms with Gasteiger partial charge in [-0.1, -0.05) is 0 Å². The molecule has 0 saturated carbocycles. The van der Waals surface area contributed by atoms with E-state index in [1.807, 2.05) is 0 Å². The third-order valence-corrected chi connectivity index (χ3v) is 2.16. The van der Waals surface area contributed by atoms with Crippen molar-refractivity contribution in [2.45, 2.75) is 13.3 Å². The van der Waals surface area contributed by atoms with Gasteiger partial charge in [0, 0.05) is 13.1 Å². The monoisotopic (exact) mass is 228 g/mol. The first kappa shape index (κ1) is 12.6. The maximum atomic E-state index is 11.4. The molecule has 1 rings (SSSR count). The van der Waals surface area contributed by atoms with Gasteiger partial charge in [0.2, 0.25) is 5.91 Å². The second kappa shape index (κ2) is 6.22. The summed E-state index contributed by atoms with van der Waals surface area (Å²) in [6.45, 7) is 3.50. The fourth-order valence-electron chi connectivity index (χ4n) is 1.50. The van der Waals surface area contributed by atoms with Crippen molar-refractivity contribution in [1.82, 2.24) is 10.2 Å². The Bertz CT molecular complexity index is 291. The third-order valence-electron chi connectivity index (χ3n) is 2.16. The van der Waals surface area contributed by atoms with Crippen LogP contribution in [0.15, 0.2) is 0 Å². The summed E-state index contributed by atoms with van der Waals surface area (Å²) in [5.74, 6) is -0.808. The molecule has 0 atom stereocenters. The van der Waals surface area contributed by atoms with Crippen molar-refractivity contribution < 1.29 is 19.1 Å². The highest BCUT2D eigenvalue weighted by Crippen LogP contribution is 1.96. The first-order valence-corrected chi connectivity index (χ1v) is 5.28. The highest BCUT2D eigenvalue weighted by molar-refractivity contribution is 5.96. The zero-order valence-corrected chi connectivity index (χ0v) is 9.32. The highest BCUT2D eigenvalue weighted by Gasteiger charge is 2.19. The summed E-state index contributed by atoms with van der Waals surface area (Å²) in [5, 5.41) is 2.66. The number of esters is 1. The Kier molecular flexibility index (Phi) is 4.91. The molecule has 90 valence electrons. The van der Waals surface area contributed by atoms with E-state index in [4.69, 9.17) is 0 Å². The number of carbonyl (C=O) groups is 3. The first-order chi connectivity index (χ1) is 7.61. The summed E-state index contributed by atoms with van der Waals surface area (Å²) in [6, 6.07) is 0. The molecule has 0 radical (unpaired) electrons. The van der Waals surface area contributed by atoms with Crippen LogP contribution in [0.1, 0.15) is 13.3 Å². The third kappa shape index (κ3) is 4.39. The summed E-state index contributed by atoms with van der Waals surface area (Å²) in [5.41, 5.74) is 0. The Morgan fingerprint density at radius 2 is 2.25 bits per heavy atom. The van der Waals surface area contributed by atoms with Crippen molar-refractivity contribution in [2.75, 3.05) is 32.8 Å². The van der Waals surface area contributed by atoms with Crippen molar-refractivity contribution in [3.05, 3.63) is 0 Å². The molecule has 6 nitrogen and oxygen atoms in total. The minimum Gasteiger partial charge on any atom is -0.466 e. The maximum Gasteiger partial charge on any atom is 0.313 e. The molecule has 6 heteroatoms. The standard InChI is InChI=1S/C10H16N2O4/c1-2-16-10(15)5-8(13)6-12-4-3-11-9(14)7-12/h2-7H2,1H3,(H,11,14). The van der Waals surface area contributed by atoms with E-state index in [0.717, 1.165) is 0 Å². The Hall–Kier alpha value is -1.43. The van der Waals surface area contributed by atoms with Crippen LogP contribution in [0.2, 0.25) is 0 Å². The van der Waals surface area contributed by atoms with Crippen LogP contribution in [0.25, 0.3) is 0 Å². The predicted octanol–water partition coefficient (Wildman–Crippen LogP) is -1.06. The molecule has 0 aromatic carbocycles. The van der Waals surface area contributed by atoms with E-state index in [0.29, 0.717) is 13.1 Å². The van der Waals surface area contributed by atoms with Gasteiger partial charge in [0.25, 0.3) is 0 Å². The van der Waals surface area contributed by atoms with Gasteiger partial charge in [0.1, 0.15) is 6.42 Å². The van der Waals surface area contributed by atoms with Crippen LogP contribution < -0.4 is 5.32 Å². The van der Waals surface area contributed by atoms with Gasteiger partial charge in [-0.05, 0) is 6.92 Å². The van der Waals surface area contributed by atoms with Crippen molar-refractivity contribution in [3.8, 4) is 0 Å². The van der Waals surface area contributed by atoms with Gasteiger partial charge < -0.3 is 10.1 Å². The quantitative estimate of drug-likeness (QED) is 0.479. The topological polar surface area (TPSA) is 75.7 Å². The smallest absolute Gasteiger partial charge is 0.313 e. The lowest BCUT2D eigenvalue weighted by Crippen LogP contribution is -2.49. The number of nitrogens with zero attached hydrogens (tertiary/aromatic N) is 1. The molecule has 1 N–H and O–H groups in total. The molecule has 0 aromatic rings. The highest BCUT2D eigenvalue weighted by atomic mass is 16.5. The van der Waals surface area contributed by atoms with E-state index < -0.39 is 5.97 Å². The lowest BCUT2D eigenvalue weighted by atomic mass is 10.2. The van der Waals surface area contributed by atoms with Crippen LogP contribution in [-0.2, 0) is 19.1 Å². The largest absolute Gasteiger partial charge is 0.466 e. The van der Waals surface area contributed by atoms with E-state index in [9.17, 15) is 14.4 Å². The van der Waals surface area contributed by atoms with Gasteiger partial charge in [0.05, 0.1) is 19.7 Å². The lowest BCUT2D eigenvalue weighted by Gasteiger charge is -2.25. The molecule has 0 bridgehead atoms. The van der Waals surface area contributed by atoms with Gasteiger partial charge in [-0.3, -0.25) is 19.3 Å². The zero-order valence-electron chi connectivity index (χ0n) is 9.32. The summed E-state index contributed by atoms with van der Waals surface area (Å²) in [4.78, 5) is 35.2. The molecular formula is C10H16N2O4. The molecule has 1 aliphatic heterocycles. The minimum absolute atomic E-state index is 0.0878. The van der Waals surface area contributed by atoms with Gasteiger partial charge in [-0.25, -0.2) is 0 Å². The molecule has 0 spiro atoms. The van der Waals surface area contributed by atoms with Crippen molar-refractivity contribution in [3.63, 3.8) is 0 Å². The molecule has 0 unspecified atom stereocenters. The van der Waals surface area contributed by atoms with Crippen LogP contribution in [0.3, 0.4) is 0 Å². The Balaban J connectivity index is 2.28. The van der Waals surface area contributed by atoms with Gasteiger partial charge >= 0.3 is 5.97 Å². The average molecular weight is 228 g/mol. The molecule has 1 saturated heterocycles. The Morgan fingerprint density at radius 3 is 2.88 bits per heavy atom. The molecule has 0 aliphatic carbocycles. The molecule has 1 heterocycles. The molecule has 0 aromatic heterocycles. The second-order valence-corrected chi connectivity index (χ2v) is 3.58. The number of ether oxygens (including phenoxy) is 1. The number of piperazine rings is 1. The average Bonchev–Trinajstić information content (AvgIpc) is 2.17. The number of hydrogen-bond donors (Lipinski definition) is 1. The number of rotatable bonds is 5. The maximum absolute atomic E-state index is 11.4. The van der Waals surface area contributed by atoms with Crippen LogP contribution >= 0.6 is 0 Å². The van der Waals surface area contributed by atoms with E-state index in [1.54, 1.807) is 11.8 Å². The van der Waals surface area contributed by atoms with Crippen LogP contribution in [0.5, 0.6) is 0 Å². The van der Waals surface area contributed by atoms with E-state index >= 15 is 0 Å². The van der Waals surface area contributed by atoms with Crippen molar-refractivity contribution in [1.29, 1.82) is 0 Å². The minimum atomic E-state index is -0.506. The predicted molar refractivity (Wildman–Crippen MR) is 55.7 cm³/mol. The van der Waals surface area contributed by atoms with Crippen molar-refractivity contribution >= 4 is 17.7 Å². The number of Topliss-reactive ketones (excluding diaryl/α,β-unsaturated/α-hetero) is 1. The van der Waals surface area contributed by atoms with Crippen molar-refractivity contribution in [2.24, 2.45) is 0 Å². The number of hydrogen-bond acceptors (Lipinski definition) is 5. The van der Waals surface area contributed by atoms with E-state index in [2.05, 4.69) is 10.1 Å². The Labute approximate surface area is 93.9 Å². The molecule has 1 aliphatic rings. The number of nitrogens with one attached hydrogen (secondary N) is 1. The van der Waals surface area contributed by atoms with E-state index in [1.165, 1.54) is 0 Å². The lowest BCUT2D eigenvalue weighted by molar-refractivity contribution is -0.145. The van der Waals surface area contributed by atoms with Crippen LogP contribution in [0.4, 0.5) is 0 Å². The van der Waals surface area contributed by atoms with E-state index in [-0.39, 0.29) is 37.8 Å². The van der Waals surface area contributed by atoms with Crippen LogP contribution in [0, 0.1) is 0 Å². The normalized spacial score (nSPS) is 16.7. The summed E-state index contributed by atoms with van der Waals surface area (Å²) >= 11 is 0. The van der Waals surface area contributed by atoms with Gasteiger partial charge in [-0.2, -0.15) is 0 Å². The number of carbonyl (C=O) groups excluding carboxylic acids is 3. The van der Waals surface area contributed by atoms with Gasteiger partial charge in [0.15, 0.2) is 5.78 Å². The molecule has 16 heavy (non-hydrogen) atoms. The summed E-state index contributed by atoms with van der Waals surface area (Å²) in [6.07, 6.45) is -0.216. The zero-order chi connectivity index (χ0) is 12.0. The Morgan fingerprint density at radius 1 is 1.50 bits per heavy atom. The second-order valence-electron chi connectivity index (χ2n) is 3.58. The number of amides is 1. The SMILES string of the molecule is CCOC(=O)CC(=O)CN1CCNC(=O)C1. The fraction of sp³-hybridized carbons (Fsp3) is 0.700. The van der Waals surface area contributed by atoms with Gasteiger partial charge in [-0.15, -0.1) is 0 Å². The molecule has 1 fully saturated rings. The first-order valence-electron chi connectivity index (χ1n) is 5.28. The summed E-state index contributed by atoms with van der Waals surface area (Å²) in [7, 11) is 0. The van der Waals surface area contributed by atoms with Crippen LogP contribution in [-0.4, -0.2) is 55.3 Å². The molecule has 1 amide bonds. The summed E-state index contributed by atoms with van der Waals surface area (Å²) < 4.78 is 4.67.